The number of halogens is 1. The van der Waals surface area contributed by atoms with E-state index in [0.29, 0.717) is 6.04 Å². The molecular formula is C15H19ClN2. The van der Waals surface area contributed by atoms with Gasteiger partial charge in [-0.2, -0.15) is 0 Å². The first kappa shape index (κ1) is 12.2. The number of nitrogens with one attached hydrogen (secondary N) is 1. The Balaban J connectivity index is 1.77. The molecule has 0 aromatic heterocycles. The van der Waals surface area contributed by atoms with Crippen LogP contribution in [0.15, 0.2) is 30.3 Å². The molecule has 1 atom stereocenters. The zero-order valence-electron chi connectivity index (χ0n) is 10.5. The third-order valence-electron chi connectivity index (χ3n) is 3.94. The molecule has 0 saturated carbocycles. The van der Waals surface area contributed by atoms with Gasteiger partial charge in [0.25, 0.3) is 0 Å². The summed E-state index contributed by atoms with van der Waals surface area (Å²) in [6, 6.07) is 8.79. The normalized spacial score (nSPS) is 25.2. The minimum Gasteiger partial charge on any atom is -0.314 e. The van der Waals surface area contributed by atoms with Crippen molar-refractivity contribution in [3.05, 3.63) is 40.9 Å². The Hall–Kier alpha value is -0.830. The summed E-state index contributed by atoms with van der Waals surface area (Å²) in [5.74, 6) is 0. The van der Waals surface area contributed by atoms with Crippen LogP contribution in [0.4, 0.5) is 0 Å². The van der Waals surface area contributed by atoms with Crippen molar-refractivity contribution in [2.24, 2.45) is 0 Å². The number of piperazine rings is 1. The molecule has 2 aliphatic rings. The Bertz CT molecular complexity index is 450. The maximum absolute atomic E-state index is 6.27. The fraction of sp³-hybridized carbons (Fsp3) is 0.467. The summed E-state index contributed by atoms with van der Waals surface area (Å²) in [5.41, 5.74) is 2.64. The van der Waals surface area contributed by atoms with Crippen molar-refractivity contribution in [2.75, 3.05) is 26.2 Å². The van der Waals surface area contributed by atoms with Crippen LogP contribution in [-0.2, 0) is 0 Å². The largest absolute Gasteiger partial charge is 0.314 e. The standard InChI is InChI=1S/C15H19ClN2/c16-15-4-2-1-3-14(15)12-5-6-13(11-12)18-9-7-17-8-10-18/h1-4,11,13,17H,5-10H2. The van der Waals surface area contributed by atoms with Crippen molar-refractivity contribution in [1.29, 1.82) is 0 Å². The number of hydrogen-bond acceptors (Lipinski definition) is 2. The van der Waals surface area contributed by atoms with Gasteiger partial charge in [-0.05, 0) is 30.0 Å². The lowest BCUT2D eigenvalue weighted by Crippen LogP contribution is -2.47. The van der Waals surface area contributed by atoms with E-state index in [1.54, 1.807) is 0 Å². The monoisotopic (exact) mass is 262 g/mol. The van der Waals surface area contributed by atoms with Crippen molar-refractivity contribution in [1.82, 2.24) is 10.2 Å². The lowest BCUT2D eigenvalue weighted by Gasteiger charge is -2.31. The van der Waals surface area contributed by atoms with Crippen molar-refractivity contribution >= 4 is 17.2 Å². The molecule has 1 N–H and O–H groups in total. The summed E-state index contributed by atoms with van der Waals surface area (Å²) < 4.78 is 0. The Morgan fingerprint density at radius 1 is 1.17 bits per heavy atom. The minimum atomic E-state index is 0.610. The predicted molar refractivity (Wildman–Crippen MR) is 76.9 cm³/mol. The first-order valence-electron chi connectivity index (χ1n) is 6.75. The van der Waals surface area contributed by atoms with E-state index in [1.165, 1.54) is 17.6 Å². The number of hydrogen-bond donors (Lipinski definition) is 1. The van der Waals surface area contributed by atoms with Crippen LogP contribution in [-0.4, -0.2) is 37.1 Å². The number of allylic oxidation sites excluding steroid dienone is 1. The van der Waals surface area contributed by atoms with E-state index in [4.69, 9.17) is 11.6 Å². The molecule has 0 amide bonds. The second-order valence-electron chi connectivity index (χ2n) is 5.06. The van der Waals surface area contributed by atoms with Gasteiger partial charge in [0, 0.05) is 37.2 Å². The highest BCUT2D eigenvalue weighted by Crippen LogP contribution is 2.34. The predicted octanol–water partition coefficient (Wildman–Crippen LogP) is 2.79. The van der Waals surface area contributed by atoms with E-state index < -0.39 is 0 Å². The molecule has 18 heavy (non-hydrogen) atoms. The summed E-state index contributed by atoms with van der Waals surface area (Å²) in [6.45, 7) is 4.56. The molecule has 1 aromatic rings. The average Bonchev–Trinajstić information content (AvgIpc) is 2.90. The summed E-state index contributed by atoms with van der Waals surface area (Å²) >= 11 is 6.27. The van der Waals surface area contributed by atoms with Gasteiger partial charge in [0.05, 0.1) is 0 Å². The molecule has 1 aliphatic carbocycles. The fourth-order valence-electron chi connectivity index (χ4n) is 2.95. The van der Waals surface area contributed by atoms with Crippen molar-refractivity contribution in [3.63, 3.8) is 0 Å². The number of benzene rings is 1. The van der Waals surface area contributed by atoms with Crippen molar-refractivity contribution in [3.8, 4) is 0 Å². The molecule has 2 nitrogen and oxygen atoms in total. The molecule has 1 fully saturated rings. The first-order valence-corrected chi connectivity index (χ1v) is 7.13. The molecule has 1 aliphatic heterocycles. The minimum absolute atomic E-state index is 0.610. The maximum atomic E-state index is 6.27. The molecule has 1 unspecified atom stereocenters. The number of rotatable bonds is 2. The van der Waals surface area contributed by atoms with Crippen LogP contribution in [0.1, 0.15) is 18.4 Å². The van der Waals surface area contributed by atoms with Gasteiger partial charge < -0.3 is 5.32 Å². The SMILES string of the molecule is Clc1ccccc1C1=CC(N2CCNCC2)CC1. The van der Waals surface area contributed by atoms with Crippen LogP contribution in [0, 0.1) is 0 Å². The highest BCUT2D eigenvalue weighted by Gasteiger charge is 2.24. The summed E-state index contributed by atoms with van der Waals surface area (Å²) in [5, 5.41) is 4.29. The van der Waals surface area contributed by atoms with Crippen LogP contribution in [0.2, 0.25) is 5.02 Å². The summed E-state index contributed by atoms with van der Waals surface area (Å²) in [7, 11) is 0. The Labute approximate surface area is 114 Å². The van der Waals surface area contributed by atoms with Gasteiger partial charge in [0.15, 0.2) is 0 Å². The fourth-order valence-corrected chi connectivity index (χ4v) is 3.21. The highest BCUT2D eigenvalue weighted by molar-refractivity contribution is 6.32. The quantitative estimate of drug-likeness (QED) is 0.882. The molecular weight excluding hydrogens is 244 g/mol. The Kier molecular flexibility index (Phi) is 3.69. The van der Waals surface area contributed by atoms with Crippen LogP contribution in [0.25, 0.3) is 5.57 Å². The lowest BCUT2D eigenvalue weighted by atomic mass is 10.1. The van der Waals surface area contributed by atoms with E-state index in [2.05, 4.69) is 28.4 Å². The van der Waals surface area contributed by atoms with Crippen LogP contribution >= 0.6 is 11.6 Å². The molecule has 3 heteroatoms. The molecule has 3 rings (SSSR count). The van der Waals surface area contributed by atoms with Crippen molar-refractivity contribution in [2.45, 2.75) is 18.9 Å². The maximum Gasteiger partial charge on any atom is 0.0481 e. The molecule has 1 heterocycles. The topological polar surface area (TPSA) is 15.3 Å². The van der Waals surface area contributed by atoms with E-state index >= 15 is 0 Å². The van der Waals surface area contributed by atoms with Gasteiger partial charge in [-0.15, -0.1) is 0 Å². The first-order chi connectivity index (χ1) is 8.84. The molecule has 96 valence electrons. The Morgan fingerprint density at radius 3 is 2.72 bits per heavy atom. The van der Waals surface area contributed by atoms with Crippen LogP contribution in [0.3, 0.4) is 0 Å². The van der Waals surface area contributed by atoms with Crippen LogP contribution in [0.5, 0.6) is 0 Å². The number of nitrogens with zero attached hydrogens (tertiary/aromatic N) is 1. The van der Waals surface area contributed by atoms with Gasteiger partial charge in [-0.1, -0.05) is 35.9 Å². The third-order valence-corrected chi connectivity index (χ3v) is 4.27. The molecule has 0 radical (unpaired) electrons. The molecule has 0 bridgehead atoms. The highest BCUT2D eigenvalue weighted by atomic mass is 35.5. The van der Waals surface area contributed by atoms with Gasteiger partial charge in [-0.25, -0.2) is 0 Å². The second-order valence-corrected chi connectivity index (χ2v) is 5.47. The molecule has 1 saturated heterocycles. The molecule has 0 spiro atoms. The van der Waals surface area contributed by atoms with Gasteiger partial charge in [-0.3, -0.25) is 4.90 Å². The molecule has 1 aromatic carbocycles. The van der Waals surface area contributed by atoms with Crippen LogP contribution < -0.4 is 5.32 Å². The smallest absolute Gasteiger partial charge is 0.0481 e. The Morgan fingerprint density at radius 2 is 1.94 bits per heavy atom. The van der Waals surface area contributed by atoms with E-state index in [-0.39, 0.29) is 0 Å². The second kappa shape index (κ2) is 5.43. The van der Waals surface area contributed by atoms with Gasteiger partial charge in [0.1, 0.15) is 0 Å². The van der Waals surface area contributed by atoms with E-state index in [9.17, 15) is 0 Å². The average molecular weight is 263 g/mol. The summed E-state index contributed by atoms with van der Waals surface area (Å²) in [4.78, 5) is 2.58. The van der Waals surface area contributed by atoms with Gasteiger partial charge >= 0.3 is 0 Å². The zero-order chi connectivity index (χ0) is 12.4. The van der Waals surface area contributed by atoms with Gasteiger partial charge in [0.2, 0.25) is 0 Å². The summed E-state index contributed by atoms with van der Waals surface area (Å²) in [6.07, 6.45) is 4.81. The van der Waals surface area contributed by atoms with E-state index in [0.717, 1.165) is 37.6 Å². The lowest BCUT2D eigenvalue weighted by molar-refractivity contribution is 0.200. The van der Waals surface area contributed by atoms with E-state index in [1.807, 2.05) is 12.1 Å². The zero-order valence-corrected chi connectivity index (χ0v) is 11.3. The van der Waals surface area contributed by atoms with Crippen molar-refractivity contribution < 1.29 is 0 Å². The third kappa shape index (κ3) is 2.46.